The first-order valence-electron chi connectivity index (χ1n) is 11.9. The fourth-order valence-electron chi connectivity index (χ4n) is 5.10. The van der Waals surface area contributed by atoms with Crippen LogP contribution in [0.15, 0.2) is 79.1 Å². The summed E-state index contributed by atoms with van der Waals surface area (Å²) in [6, 6.07) is 21.8. The van der Waals surface area contributed by atoms with Crippen LogP contribution in [0.4, 0.5) is 0 Å². The zero-order valence-electron chi connectivity index (χ0n) is 20.4. The average Bonchev–Trinajstić information content (AvgIpc) is 3.76. The molecule has 0 radical (unpaired) electrons. The Morgan fingerprint density at radius 1 is 0.972 bits per heavy atom. The number of carbonyl (C=O) groups is 1. The van der Waals surface area contributed by atoms with E-state index in [1.54, 1.807) is 7.11 Å². The van der Waals surface area contributed by atoms with Crippen molar-refractivity contribution in [1.29, 1.82) is 0 Å². The third-order valence-corrected chi connectivity index (χ3v) is 7.05. The number of benzene rings is 2. The molecule has 0 aliphatic carbocycles. The molecule has 8 heteroatoms. The lowest BCUT2D eigenvalue weighted by Crippen LogP contribution is -2.61. The number of epoxide rings is 1. The van der Waals surface area contributed by atoms with Crippen LogP contribution < -0.4 is 4.74 Å². The fraction of sp³-hybridized carbons (Fsp3) is 0.357. The van der Waals surface area contributed by atoms with Crippen molar-refractivity contribution in [3.63, 3.8) is 0 Å². The number of hydrogen-bond acceptors (Lipinski definition) is 6. The molecule has 36 heavy (non-hydrogen) atoms. The normalized spacial score (nSPS) is 19.3. The molecule has 3 heterocycles. The molecule has 2 atom stereocenters. The van der Waals surface area contributed by atoms with Crippen LogP contribution in [0.1, 0.15) is 21.5 Å². The minimum Gasteiger partial charge on any atom is -0.497 e. The molecule has 1 aromatic heterocycles. The zero-order chi connectivity index (χ0) is 23.4. The minimum atomic E-state index is -0.826. The van der Waals surface area contributed by atoms with Gasteiger partial charge in [0.1, 0.15) is 17.4 Å². The zero-order valence-corrected chi connectivity index (χ0v) is 22.0. The van der Waals surface area contributed by atoms with Gasteiger partial charge in [-0.3, -0.25) is 14.7 Å². The van der Waals surface area contributed by atoms with Crippen molar-refractivity contribution in [2.45, 2.75) is 18.1 Å². The molecule has 2 aromatic carbocycles. The van der Waals surface area contributed by atoms with Crippen molar-refractivity contribution >= 4 is 30.6 Å². The first-order valence-corrected chi connectivity index (χ1v) is 11.9. The van der Waals surface area contributed by atoms with Gasteiger partial charge in [-0.2, -0.15) is 0 Å². The SMILES string of the molecule is COc1ccc(C(=O)C(c2ccccc2)(C2CO2)N2CCN(CCc3ccncc3)CC2)cc1.Cl.Cl. The highest BCUT2D eigenvalue weighted by Gasteiger charge is 2.57. The summed E-state index contributed by atoms with van der Waals surface area (Å²) in [7, 11) is 1.64. The number of rotatable bonds is 9. The number of ether oxygens (including phenoxy) is 2. The van der Waals surface area contributed by atoms with Gasteiger partial charge in [-0.1, -0.05) is 30.3 Å². The van der Waals surface area contributed by atoms with Crippen molar-refractivity contribution < 1.29 is 14.3 Å². The summed E-state index contributed by atoms with van der Waals surface area (Å²) in [4.78, 5) is 23.2. The Hall–Kier alpha value is -2.48. The van der Waals surface area contributed by atoms with E-state index in [0.29, 0.717) is 12.2 Å². The summed E-state index contributed by atoms with van der Waals surface area (Å²) in [5, 5.41) is 0. The quantitative estimate of drug-likeness (QED) is 0.304. The van der Waals surface area contributed by atoms with Gasteiger partial charge >= 0.3 is 0 Å². The Balaban J connectivity index is 0.00000180. The van der Waals surface area contributed by atoms with Gasteiger partial charge in [0.05, 0.1) is 13.7 Å². The van der Waals surface area contributed by atoms with E-state index in [0.717, 1.165) is 50.5 Å². The highest BCUT2D eigenvalue weighted by molar-refractivity contribution is 6.04. The topological polar surface area (TPSA) is 58.2 Å². The van der Waals surface area contributed by atoms with Gasteiger partial charge in [0.2, 0.25) is 0 Å². The second-order valence-corrected chi connectivity index (χ2v) is 8.95. The number of piperazine rings is 1. The van der Waals surface area contributed by atoms with E-state index < -0.39 is 5.54 Å². The number of methoxy groups -OCH3 is 1. The largest absolute Gasteiger partial charge is 0.497 e. The molecule has 0 spiro atoms. The number of nitrogens with zero attached hydrogens (tertiary/aromatic N) is 3. The number of hydrogen-bond donors (Lipinski definition) is 0. The van der Waals surface area contributed by atoms with Gasteiger partial charge in [-0.25, -0.2) is 0 Å². The third-order valence-electron chi connectivity index (χ3n) is 7.05. The first-order chi connectivity index (χ1) is 16.7. The van der Waals surface area contributed by atoms with E-state index in [2.05, 4.69) is 39.0 Å². The number of ketones is 1. The number of halogens is 2. The predicted octanol–water partition coefficient (Wildman–Crippen LogP) is 4.27. The van der Waals surface area contributed by atoms with Crippen LogP contribution in [0.2, 0.25) is 0 Å². The van der Waals surface area contributed by atoms with Crippen LogP contribution in [-0.2, 0) is 16.7 Å². The summed E-state index contributed by atoms with van der Waals surface area (Å²) in [6.45, 7) is 5.06. The maximum Gasteiger partial charge on any atom is 0.190 e. The second-order valence-electron chi connectivity index (χ2n) is 8.95. The summed E-state index contributed by atoms with van der Waals surface area (Å²) >= 11 is 0. The van der Waals surface area contributed by atoms with E-state index in [-0.39, 0.29) is 36.7 Å². The molecule has 192 valence electrons. The molecule has 0 bridgehead atoms. The number of pyridine rings is 1. The van der Waals surface area contributed by atoms with E-state index in [4.69, 9.17) is 9.47 Å². The highest BCUT2D eigenvalue weighted by atomic mass is 35.5. The molecule has 3 aromatic rings. The molecule has 0 saturated carbocycles. The average molecular weight is 530 g/mol. The van der Waals surface area contributed by atoms with E-state index >= 15 is 0 Å². The van der Waals surface area contributed by atoms with Gasteiger partial charge in [-0.15, -0.1) is 24.8 Å². The maximum atomic E-state index is 14.3. The molecule has 0 N–H and O–H groups in total. The van der Waals surface area contributed by atoms with Crippen LogP contribution >= 0.6 is 24.8 Å². The van der Waals surface area contributed by atoms with Crippen LogP contribution in [0.25, 0.3) is 0 Å². The van der Waals surface area contributed by atoms with Crippen LogP contribution in [-0.4, -0.2) is 73.1 Å². The molecule has 2 aliphatic heterocycles. The van der Waals surface area contributed by atoms with Crippen molar-refractivity contribution in [2.24, 2.45) is 0 Å². The highest BCUT2D eigenvalue weighted by Crippen LogP contribution is 2.43. The molecular formula is C28H33Cl2N3O3. The van der Waals surface area contributed by atoms with Gasteiger partial charge in [-0.05, 0) is 53.9 Å². The Kier molecular flexibility index (Phi) is 9.88. The second kappa shape index (κ2) is 12.7. The van der Waals surface area contributed by atoms with Gasteiger partial charge in [0.25, 0.3) is 0 Å². The van der Waals surface area contributed by atoms with Crippen LogP contribution in [0.5, 0.6) is 5.75 Å². The molecule has 2 fully saturated rings. The first kappa shape index (κ1) is 28.1. The fourth-order valence-corrected chi connectivity index (χ4v) is 5.10. The Morgan fingerprint density at radius 3 is 2.19 bits per heavy atom. The Labute approximate surface area is 225 Å². The number of Topliss-reactive ketones (excluding diaryl/α,β-unsaturated/α-hetero) is 1. The van der Waals surface area contributed by atoms with Gasteiger partial charge in [0, 0.05) is 50.7 Å². The van der Waals surface area contributed by atoms with Gasteiger partial charge < -0.3 is 14.4 Å². The summed E-state index contributed by atoms with van der Waals surface area (Å²) < 4.78 is 11.2. The maximum absolute atomic E-state index is 14.3. The van der Waals surface area contributed by atoms with Crippen molar-refractivity contribution in [2.75, 3.05) is 46.4 Å². The molecule has 2 aliphatic rings. The molecular weight excluding hydrogens is 497 g/mol. The van der Waals surface area contributed by atoms with Crippen molar-refractivity contribution in [1.82, 2.24) is 14.8 Å². The lowest BCUT2D eigenvalue weighted by Gasteiger charge is -2.46. The number of aromatic nitrogens is 1. The van der Waals surface area contributed by atoms with Crippen molar-refractivity contribution in [3.8, 4) is 5.75 Å². The van der Waals surface area contributed by atoms with Crippen molar-refractivity contribution in [3.05, 3.63) is 95.8 Å². The third kappa shape index (κ3) is 5.74. The Bertz CT molecular complexity index is 1090. The van der Waals surface area contributed by atoms with E-state index in [1.165, 1.54) is 5.56 Å². The summed E-state index contributed by atoms with van der Waals surface area (Å²) in [5.74, 6) is 0.835. The molecule has 2 unspecified atom stereocenters. The minimum absolute atomic E-state index is 0. The van der Waals surface area contributed by atoms with E-state index in [1.807, 2.05) is 54.9 Å². The lowest BCUT2D eigenvalue weighted by molar-refractivity contribution is 0.0143. The monoisotopic (exact) mass is 529 g/mol. The van der Waals surface area contributed by atoms with Crippen LogP contribution in [0.3, 0.4) is 0 Å². The predicted molar refractivity (Wildman–Crippen MR) is 146 cm³/mol. The van der Waals surface area contributed by atoms with Crippen LogP contribution in [0, 0.1) is 0 Å². The molecule has 5 rings (SSSR count). The summed E-state index contributed by atoms with van der Waals surface area (Å²) in [6.07, 6.45) is 4.56. The molecule has 2 saturated heterocycles. The molecule has 6 nitrogen and oxygen atoms in total. The lowest BCUT2D eigenvalue weighted by atomic mass is 9.77. The number of carbonyl (C=O) groups excluding carboxylic acids is 1. The smallest absolute Gasteiger partial charge is 0.190 e. The molecule has 0 amide bonds. The van der Waals surface area contributed by atoms with E-state index in [9.17, 15) is 4.79 Å². The Morgan fingerprint density at radius 2 is 1.61 bits per heavy atom. The standard InChI is InChI=1S/C28H31N3O3.2ClH/c1-33-25-9-7-23(8-10-25)27(32)28(26-21-34-26,24-5-3-2-4-6-24)31-19-17-30(18-20-31)16-13-22-11-14-29-15-12-22;;/h2-12,14-15,26H,13,16-21H2,1H3;2*1H. The summed E-state index contributed by atoms with van der Waals surface area (Å²) in [5.41, 5.74) is 2.16. The van der Waals surface area contributed by atoms with Gasteiger partial charge in [0.15, 0.2) is 5.78 Å².